The summed E-state index contributed by atoms with van der Waals surface area (Å²) in [5.41, 5.74) is 2.13. The first-order valence-electron chi connectivity index (χ1n) is 10.6. The maximum absolute atomic E-state index is 12.2. The average molecular weight is 465 g/mol. The molecule has 0 radical (unpaired) electrons. The lowest BCUT2D eigenvalue weighted by atomic mass is 10.1. The van der Waals surface area contributed by atoms with Gasteiger partial charge in [-0.1, -0.05) is 11.3 Å². The number of esters is 1. The van der Waals surface area contributed by atoms with E-state index in [4.69, 9.17) is 23.6 Å². The van der Waals surface area contributed by atoms with Crippen LogP contribution >= 0.6 is 11.3 Å². The van der Waals surface area contributed by atoms with Gasteiger partial charge in [0.05, 0.1) is 31.4 Å². The standard InChI is InChI=1S/C25H24N2O5S/c1-5-30-18-11-12-21-19(13-18)20(14-22(32-21)16-7-9-17(29-4)10-8-16)27-25-26-15(3)23(33-25)24(28)31-6-2/h7-14H,5-6H2,1-4H3/b27-20+. The number of benzene rings is 2. The van der Waals surface area contributed by atoms with Gasteiger partial charge in [-0.3, -0.25) is 0 Å². The molecule has 170 valence electrons. The van der Waals surface area contributed by atoms with E-state index in [1.807, 2.05) is 55.5 Å². The number of fused-ring (bicyclic) bond motifs is 1. The van der Waals surface area contributed by atoms with Crippen molar-refractivity contribution in [3.8, 4) is 22.8 Å². The fourth-order valence-corrected chi connectivity index (χ4v) is 4.16. The number of nitrogens with zero attached hydrogens (tertiary/aromatic N) is 2. The minimum Gasteiger partial charge on any atom is -0.497 e. The van der Waals surface area contributed by atoms with Gasteiger partial charge in [-0.25, -0.2) is 14.8 Å². The first kappa shape index (κ1) is 22.5. The number of thiazole rings is 1. The molecule has 0 spiro atoms. The fraction of sp³-hybridized carbons (Fsp3) is 0.240. The van der Waals surface area contributed by atoms with Crippen LogP contribution in [0.25, 0.3) is 22.3 Å². The summed E-state index contributed by atoms with van der Waals surface area (Å²) in [5, 5.41) is 1.90. The van der Waals surface area contributed by atoms with E-state index in [1.54, 1.807) is 21.0 Å². The number of hydrogen-bond donors (Lipinski definition) is 0. The zero-order valence-electron chi connectivity index (χ0n) is 18.9. The molecule has 2 aromatic carbocycles. The molecule has 2 heterocycles. The van der Waals surface area contributed by atoms with E-state index in [-0.39, 0.29) is 5.97 Å². The molecule has 0 bridgehead atoms. The topological polar surface area (TPSA) is 83.2 Å². The van der Waals surface area contributed by atoms with Gasteiger partial charge < -0.3 is 18.6 Å². The van der Waals surface area contributed by atoms with Crippen LogP contribution in [0.1, 0.15) is 29.2 Å². The predicted molar refractivity (Wildman–Crippen MR) is 127 cm³/mol. The highest BCUT2D eigenvalue weighted by Crippen LogP contribution is 2.29. The Morgan fingerprint density at radius 1 is 1.06 bits per heavy atom. The van der Waals surface area contributed by atoms with Crippen molar-refractivity contribution in [1.29, 1.82) is 0 Å². The molecular weight excluding hydrogens is 440 g/mol. The first-order valence-corrected chi connectivity index (χ1v) is 11.4. The van der Waals surface area contributed by atoms with Crippen molar-refractivity contribution >= 4 is 33.4 Å². The van der Waals surface area contributed by atoms with E-state index in [1.165, 1.54) is 11.3 Å². The summed E-state index contributed by atoms with van der Waals surface area (Å²) in [4.78, 5) is 21.9. The number of rotatable bonds is 7. The highest BCUT2D eigenvalue weighted by Gasteiger charge is 2.16. The summed E-state index contributed by atoms with van der Waals surface area (Å²) in [6.45, 7) is 6.33. The third-order valence-corrected chi connectivity index (χ3v) is 5.89. The quantitative estimate of drug-likeness (QED) is 0.327. The summed E-state index contributed by atoms with van der Waals surface area (Å²) >= 11 is 1.20. The summed E-state index contributed by atoms with van der Waals surface area (Å²) in [5.74, 6) is 1.73. The highest BCUT2D eigenvalue weighted by molar-refractivity contribution is 7.17. The summed E-state index contributed by atoms with van der Waals surface area (Å²) in [6, 6.07) is 15.1. The lowest BCUT2D eigenvalue weighted by Crippen LogP contribution is -2.04. The second-order valence-corrected chi connectivity index (χ2v) is 8.04. The molecule has 0 aliphatic heterocycles. The molecule has 0 amide bonds. The van der Waals surface area contributed by atoms with Crippen LogP contribution in [-0.4, -0.2) is 31.3 Å². The number of ether oxygens (including phenoxy) is 3. The van der Waals surface area contributed by atoms with Gasteiger partial charge in [0.15, 0.2) is 0 Å². The number of carbonyl (C=O) groups is 1. The van der Waals surface area contributed by atoms with Gasteiger partial charge in [0.2, 0.25) is 5.13 Å². The zero-order chi connectivity index (χ0) is 23.4. The van der Waals surface area contributed by atoms with Crippen LogP contribution in [0.5, 0.6) is 11.5 Å². The second kappa shape index (κ2) is 9.87. The molecular formula is C25H24N2O5S. The van der Waals surface area contributed by atoms with Crippen molar-refractivity contribution in [2.75, 3.05) is 20.3 Å². The summed E-state index contributed by atoms with van der Waals surface area (Å²) in [6.07, 6.45) is 0. The van der Waals surface area contributed by atoms with Crippen molar-refractivity contribution in [3.63, 3.8) is 0 Å². The Labute approximate surface area is 195 Å². The normalized spacial score (nSPS) is 11.6. The zero-order valence-corrected chi connectivity index (χ0v) is 19.7. The van der Waals surface area contributed by atoms with Crippen LogP contribution in [0.15, 0.2) is 57.9 Å². The number of carbonyl (C=O) groups excluding carboxylic acids is 1. The average Bonchev–Trinajstić information content (AvgIpc) is 3.19. The van der Waals surface area contributed by atoms with Crippen molar-refractivity contribution in [2.24, 2.45) is 4.99 Å². The van der Waals surface area contributed by atoms with Crippen molar-refractivity contribution in [2.45, 2.75) is 20.8 Å². The molecule has 33 heavy (non-hydrogen) atoms. The smallest absolute Gasteiger partial charge is 0.350 e. The van der Waals surface area contributed by atoms with Crippen molar-refractivity contribution in [3.05, 3.63) is 64.5 Å². The number of aryl methyl sites for hydroxylation is 1. The van der Waals surface area contributed by atoms with E-state index >= 15 is 0 Å². The molecule has 4 aromatic rings. The first-order chi connectivity index (χ1) is 16.0. The highest BCUT2D eigenvalue weighted by atomic mass is 32.1. The van der Waals surface area contributed by atoms with Gasteiger partial charge in [0.25, 0.3) is 0 Å². The van der Waals surface area contributed by atoms with E-state index in [0.717, 1.165) is 22.4 Å². The van der Waals surface area contributed by atoms with Gasteiger partial charge in [0.1, 0.15) is 27.7 Å². The molecule has 0 aliphatic rings. The van der Waals surface area contributed by atoms with Gasteiger partial charge in [0, 0.05) is 17.0 Å². The summed E-state index contributed by atoms with van der Waals surface area (Å²) < 4.78 is 22.2. The molecule has 0 atom stereocenters. The van der Waals surface area contributed by atoms with E-state index in [2.05, 4.69) is 4.98 Å². The molecule has 0 fully saturated rings. The van der Waals surface area contributed by atoms with Crippen LogP contribution in [-0.2, 0) is 4.74 Å². The van der Waals surface area contributed by atoms with Crippen LogP contribution in [0.2, 0.25) is 0 Å². The van der Waals surface area contributed by atoms with E-state index in [9.17, 15) is 4.79 Å². The Morgan fingerprint density at radius 2 is 1.82 bits per heavy atom. The minimum atomic E-state index is -0.389. The van der Waals surface area contributed by atoms with E-state index < -0.39 is 0 Å². The molecule has 0 N–H and O–H groups in total. The van der Waals surface area contributed by atoms with Gasteiger partial charge in [-0.05, 0) is 63.2 Å². The molecule has 7 nitrogen and oxygen atoms in total. The molecule has 4 rings (SSSR count). The Kier molecular flexibility index (Phi) is 6.74. The fourth-order valence-electron chi connectivity index (χ4n) is 3.31. The van der Waals surface area contributed by atoms with Crippen molar-refractivity contribution < 1.29 is 23.4 Å². The molecule has 0 saturated heterocycles. The molecule has 8 heteroatoms. The second-order valence-electron chi connectivity index (χ2n) is 7.06. The SMILES string of the molecule is CCOC(=O)c1sc(/N=c2\cc(-c3ccc(OC)cc3)oc3ccc(OCC)cc23)nc1C. The number of hydrogen-bond acceptors (Lipinski definition) is 8. The van der Waals surface area contributed by atoms with Gasteiger partial charge in [-0.15, -0.1) is 0 Å². The third kappa shape index (κ3) is 4.90. The lowest BCUT2D eigenvalue weighted by molar-refractivity contribution is 0.0531. The van der Waals surface area contributed by atoms with Crippen LogP contribution in [0, 0.1) is 6.92 Å². The van der Waals surface area contributed by atoms with E-state index in [0.29, 0.717) is 45.6 Å². The third-order valence-electron chi connectivity index (χ3n) is 4.86. The van der Waals surface area contributed by atoms with Crippen LogP contribution in [0.3, 0.4) is 0 Å². The Bertz CT molecular complexity index is 1360. The largest absolute Gasteiger partial charge is 0.497 e. The lowest BCUT2D eigenvalue weighted by Gasteiger charge is -2.08. The molecule has 0 saturated carbocycles. The van der Waals surface area contributed by atoms with Gasteiger partial charge >= 0.3 is 5.97 Å². The predicted octanol–water partition coefficient (Wildman–Crippen LogP) is 5.68. The van der Waals surface area contributed by atoms with Crippen LogP contribution < -0.4 is 14.8 Å². The molecule has 2 aromatic heterocycles. The summed E-state index contributed by atoms with van der Waals surface area (Å²) in [7, 11) is 1.63. The van der Waals surface area contributed by atoms with Gasteiger partial charge in [-0.2, -0.15) is 0 Å². The van der Waals surface area contributed by atoms with Crippen LogP contribution in [0.4, 0.5) is 5.13 Å². The minimum absolute atomic E-state index is 0.304. The Balaban J connectivity index is 1.89. The Hall–Kier alpha value is -3.65. The molecule has 0 unspecified atom stereocenters. The molecule has 0 aliphatic carbocycles. The Morgan fingerprint density at radius 3 is 2.52 bits per heavy atom. The monoisotopic (exact) mass is 464 g/mol. The number of aromatic nitrogens is 1. The maximum atomic E-state index is 12.2. The number of methoxy groups -OCH3 is 1. The maximum Gasteiger partial charge on any atom is 0.350 e. The van der Waals surface area contributed by atoms with Crippen molar-refractivity contribution in [1.82, 2.24) is 4.98 Å².